The van der Waals surface area contributed by atoms with Gasteiger partial charge >= 0.3 is 0 Å². The zero-order chi connectivity index (χ0) is 18.2. The fourth-order valence-electron chi connectivity index (χ4n) is 3.92. The SMILES string of the molecule is CC(Cc1ccccc1)C(Cc1ccccc1)(Cc1ccccc1)N[SiH3]. The van der Waals surface area contributed by atoms with Crippen molar-refractivity contribution in [2.45, 2.75) is 31.7 Å². The second kappa shape index (κ2) is 8.97. The Bertz CT molecular complexity index is 730. The lowest BCUT2D eigenvalue weighted by atomic mass is 9.74. The average Bonchev–Trinajstić information content (AvgIpc) is 2.70. The van der Waals surface area contributed by atoms with Crippen molar-refractivity contribution >= 4 is 10.4 Å². The monoisotopic (exact) mass is 359 g/mol. The number of hydrogen-bond acceptors (Lipinski definition) is 1. The van der Waals surface area contributed by atoms with Crippen LogP contribution in [0.1, 0.15) is 23.6 Å². The first-order valence-electron chi connectivity index (χ1n) is 9.52. The van der Waals surface area contributed by atoms with Gasteiger partial charge in [-0.1, -0.05) is 97.9 Å². The molecular weight excluding hydrogens is 330 g/mol. The quantitative estimate of drug-likeness (QED) is 0.600. The molecule has 0 bridgehead atoms. The van der Waals surface area contributed by atoms with Crippen molar-refractivity contribution in [3.8, 4) is 0 Å². The first-order valence-corrected chi connectivity index (χ1v) is 10.5. The van der Waals surface area contributed by atoms with E-state index in [-0.39, 0.29) is 5.54 Å². The Labute approximate surface area is 161 Å². The van der Waals surface area contributed by atoms with Gasteiger partial charge in [0.05, 0.1) is 10.4 Å². The van der Waals surface area contributed by atoms with E-state index in [9.17, 15) is 0 Å². The summed E-state index contributed by atoms with van der Waals surface area (Å²) in [4.78, 5) is 3.87. The summed E-state index contributed by atoms with van der Waals surface area (Å²) in [7, 11) is 0.982. The molecule has 3 aromatic carbocycles. The van der Waals surface area contributed by atoms with Gasteiger partial charge < -0.3 is 4.98 Å². The first-order chi connectivity index (χ1) is 12.7. The molecule has 0 saturated carbocycles. The molecule has 0 saturated heterocycles. The predicted molar refractivity (Wildman–Crippen MR) is 115 cm³/mol. The van der Waals surface area contributed by atoms with Crippen LogP contribution in [0.5, 0.6) is 0 Å². The summed E-state index contributed by atoms with van der Waals surface area (Å²) in [5.74, 6) is 0.530. The molecule has 3 rings (SSSR count). The minimum Gasteiger partial charge on any atom is -0.339 e. The molecule has 2 heteroatoms. The van der Waals surface area contributed by atoms with Crippen LogP contribution in [0.3, 0.4) is 0 Å². The van der Waals surface area contributed by atoms with Crippen LogP contribution in [0.2, 0.25) is 0 Å². The molecule has 3 aromatic rings. The first kappa shape index (κ1) is 18.6. The van der Waals surface area contributed by atoms with Crippen molar-refractivity contribution in [2.75, 3.05) is 0 Å². The Kier molecular flexibility index (Phi) is 6.43. The molecule has 134 valence electrons. The number of nitrogens with one attached hydrogen (secondary N) is 1. The summed E-state index contributed by atoms with van der Waals surface area (Å²) in [6.45, 7) is 2.41. The molecule has 1 N–H and O–H groups in total. The molecule has 0 amide bonds. The molecule has 0 spiro atoms. The van der Waals surface area contributed by atoms with Gasteiger partial charge in [-0.15, -0.1) is 0 Å². The summed E-state index contributed by atoms with van der Waals surface area (Å²) in [6.07, 6.45) is 3.20. The highest BCUT2D eigenvalue weighted by Crippen LogP contribution is 2.29. The number of hydrogen-bond donors (Lipinski definition) is 1. The third kappa shape index (κ3) is 4.72. The summed E-state index contributed by atoms with van der Waals surface area (Å²) < 4.78 is 0. The fraction of sp³-hybridized carbons (Fsp3) is 0.250. The molecule has 0 radical (unpaired) electrons. The molecule has 0 aliphatic heterocycles. The lowest BCUT2D eigenvalue weighted by Crippen LogP contribution is -2.53. The maximum atomic E-state index is 3.87. The maximum Gasteiger partial charge on any atom is 0.0756 e. The topological polar surface area (TPSA) is 12.0 Å². The summed E-state index contributed by atoms with van der Waals surface area (Å²) in [6, 6.07) is 32.7. The van der Waals surface area contributed by atoms with E-state index in [4.69, 9.17) is 0 Å². The molecule has 0 aromatic heterocycles. The van der Waals surface area contributed by atoms with E-state index in [2.05, 4.69) is 103 Å². The van der Waals surface area contributed by atoms with Gasteiger partial charge in [0.25, 0.3) is 0 Å². The van der Waals surface area contributed by atoms with Crippen LogP contribution in [-0.4, -0.2) is 15.9 Å². The van der Waals surface area contributed by atoms with E-state index in [1.165, 1.54) is 16.7 Å². The van der Waals surface area contributed by atoms with Crippen LogP contribution in [0.4, 0.5) is 0 Å². The van der Waals surface area contributed by atoms with Crippen molar-refractivity contribution in [1.82, 2.24) is 4.98 Å². The van der Waals surface area contributed by atoms with Gasteiger partial charge in [-0.05, 0) is 41.9 Å². The van der Waals surface area contributed by atoms with Crippen molar-refractivity contribution in [3.05, 3.63) is 108 Å². The Hall–Kier alpha value is -2.16. The van der Waals surface area contributed by atoms with Crippen molar-refractivity contribution in [3.63, 3.8) is 0 Å². The molecule has 1 atom stereocenters. The molecule has 0 aliphatic carbocycles. The molecule has 1 nitrogen and oxygen atoms in total. The molecule has 26 heavy (non-hydrogen) atoms. The highest BCUT2D eigenvalue weighted by Gasteiger charge is 2.34. The van der Waals surface area contributed by atoms with Crippen LogP contribution >= 0.6 is 0 Å². The van der Waals surface area contributed by atoms with E-state index in [1.54, 1.807) is 0 Å². The predicted octanol–water partition coefficient (Wildman–Crippen LogP) is 3.96. The lowest BCUT2D eigenvalue weighted by molar-refractivity contribution is 0.256. The van der Waals surface area contributed by atoms with Crippen LogP contribution < -0.4 is 4.98 Å². The molecule has 0 heterocycles. The van der Waals surface area contributed by atoms with Crippen LogP contribution in [0.15, 0.2) is 91.0 Å². The Balaban J connectivity index is 1.90. The van der Waals surface area contributed by atoms with Gasteiger partial charge in [-0.3, -0.25) is 0 Å². The fourth-order valence-corrected chi connectivity index (χ4v) is 4.76. The average molecular weight is 360 g/mol. The lowest BCUT2D eigenvalue weighted by Gasteiger charge is -2.40. The van der Waals surface area contributed by atoms with Crippen LogP contribution in [0.25, 0.3) is 0 Å². The van der Waals surface area contributed by atoms with Crippen molar-refractivity contribution in [2.24, 2.45) is 5.92 Å². The highest BCUT2D eigenvalue weighted by atomic mass is 28.2. The van der Waals surface area contributed by atoms with Gasteiger partial charge in [0.15, 0.2) is 0 Å². The summed E-state index contributed by atoms with van der Waals surface area (Å²) in [5, 5.41) is 0. The third-order valence-corrected chi connectivity index (χ3v) is 6.55. The summed E-state index contributed by atoms with van der Waals surface area (Å²) in [5.41, 5.74) is 4.31. The van der Waals surface area contributed by atoms with Gasteiger partial charge in [0.2, 0.25) is 0 Å². The third-order valence-electron chi connectivity index (χ3n) is 5.55. The van der Waals surface area contributed by atoms with Gasteiger partial charge in [-0.2, -0.15) is 0 Å². The second-order valence-electron chi connectivity index (χ2n) is 7.32. The van der Waals surface area contributed by atoms with E-state index in [1.807, 2.05) is 0 Å². The largest absolute Gasteiger partial charge is 0.339 e. The molecular formula is C24H29NSi. The van der Waals surface area contributed by atoms with E-state index < -0.39 is 0 Å². The normalized spacial score (nSPS) is 12.8. The number of benzene rings is 3. The van der Waals surface area contributed by atoms with Crippen molar-refractivity contribution in [1.29, 1.82) is 0 Å². The van der Waals surface area contributed by atoms with Crippen molar-refractivity contribution < 1.29 is 0 Å². The zero-order valence-electron chi connectivity index (χ0n) is 15.9. The standard InChI is InChI=1S/C24H29NSi/c1-20(17-21-11-5-2-6-12-21)24(25-26,18-22-13-7-3-8-14-22)19-23-15-9-4-10-16-23/h2-16,20,25H,17-19H2,1,26H3. The molecule has 1 unspecified atom stereocenters. The van der Waals surface area contributed by atoms with Gasteiger partial charge in [0.1, 0.15) is 0 Å². The Morgan fingerprint density at radius 1 is 0.692 bits per heavy atom. The smallest absolute Gasteiger partial charge is 0.0756 e. The summed E-state index contributed by atoms with van der Waals surface area (Å²) >= 11 is 0. The minimum atomic E-state index is 0.0742. The highest BCUT2D eigenvalue weighted by molar-refractivity contribution is 6.05. The zero-order valence-corrected chi connectivity index (χ0v) is 17.9. The molecule has 0 fully saturated rings. The second-order valence-corrected chi connectivity index (χ2v) is 7.82. The van der Waals surface area contributed by atoms with E-state index in [0.29, 0.717) is 5.92 Å². The van der Waals surface area contributed by atoms with E-state index in [0.717, 1.165) is 29.7 Å². The maximum absolute atomic E-state index is 3.87. The molecule has 0 aliphatic rings. The Morgan fingerprint density at radius 3 is 1.46 bits per heavy atom. The van der Waals surface area contributed by atoms with Gasteiger partial charge in [0, 0.05) is 5.54 Å². The minimum absolute atomic E-state index is 0.0742. The van der Waals surface area contributed by atoms with Crippen LogP contribution in [-0.2, 0) is 19.3 Å². The Morgan fingerprint density at radius 2 is 1.08 bits per heavy atom. The van der Waals surface area contributed by atoms with Gasteiger partial charge in [-0.25, -0.2) is 0 Å². The van der Waals surface area contributed by atoms with Crippen LogP contribution in [0, 0.1) is 5.92 Å². The van der Waals surface area contributed by atoms with E-state index >= 15 is 0 Å². The number of rotatable bonds is 8.